The topological polar surface area (TPSA) is 134 Å². The molecule has 0 amide bonds. The van der Waals surface area contributed by atoms with E-state index in [-0.39, 0.29) is 32.6 Å². The van der Waals surface area contributed by atoms with Crippen LogP contribution in [0, 0.1) is 0 Å². The predicted molar refractivity (Wildman–Crippen MR) is 334 cm³/mol. The van der Waals surface area contributed by atoms with E-state index in [0.29, 0.717) is 12.8 Å². The van der Waals surface area contributed by atoms with Gasteiger partial charge in [-0.3, -0.25) is 18.6 Å². The third-order valence-corrected chi connectivity index (χ3v) is 13.1. The zero-order valence-electron chi connectivity index (χ0n) is 49.1. The van der Waals surface area contributed by atoms with E-state index >= 15 is 0 Å². The lowest BCUT2D eigenvalue weighted by atomic mass is 10.1. The van der Waals surface area contributed by atoms with Gasteiger partial charge in [0.25, 0.3) is 0 Å². The molecule has 0 saturated heterocycles. The molecule has 0 aliphatic heterocycles. The molecule has 3 N–H and O–H groups in total. The summed E-state index contributed by atoms with van der Waals surface area (Å²) >= 11 is 0. The highest BCUT2D eigenvalue weighted by Gasteiger charge is 2.26. The van der Waals surface area contributed by atoms with Crippen molar-refractivity contribution < 1.29 is 37.6 Å². The number of hydrogen-bond acceptors (Lipinski definition) is 8. The van der Waals surface area contributed by atoms with Crippen LogP contribution in [0.25, 0.3) is 0 Å². The van der Waals surface area contributed by atoms with Crippen LogP contribution in [0.5, 0.6) is 0 Å². The Morgan fingerprint density at radius 3 is 1.05 bits per heavy atom. The molecule has 440 valence electrons. The van der Waals surface area contributed by atoms with Crippen LogP contribution in [0.1, 0.15) is 226 Å². The van der Waals surface area contributed by atoms with Crippen molar-refractivity contribution in [2.75, 3.05) is 26.4 Å². The molecule has 0 aromatic rings. The predicted octanol–water partition coefficient (Wildman–Crippen LogP) is 19.7. The van der Waals surface area contributed by atoms with Gasteiger partial charge in [-0.15, -0.1) is 0 Å². The Morgan fingerprint density at radius 2 is 0.705 bits per heavy atom. The summed E-state index contributed by atoms with van der Waals surface area (Å²) in [6, 6.07) is 0. The minimum atomic E-state index is -4.40. The molecule has 0 fully saturated rings. The number of ether oxygens (including phenoxy) is 2. The van der Waals surface area contributed by atoms with E-state index in [1.54, 1.807) is 0 Å². The number of carbonyl (C=O) groups is 2. The van der Waals surface area contributed by atoms with Gasteiger partial charge in [0, 0.05) is 19.4 Å². The van der Waals surface area contributed by atoms with Crippen LogP contribution < -0.4 is 5.73 Å². The second-order valence-corrected chi connectivity index (χ2v) is 20.9. The first-order valence-corrected chi connectivity index (χ1v) is 32.0. The fourth-order valence-electron chi connectivity index (χ4n) is 7.67. The normalized spacial score (nSPS) is 14.2. The first-order valence-electron chi connectivity index (χ1n) is 30.5. The lowest BCUT2D eigenvalue weighted by Gasteiger charge is -2.19. The van der Waals surface area contributed by atoms with E-state index in [0.717, 1.165) is 141 Å². The summed E-state index contributed by atoms with van der Waals surface area (Å²) in [7, 11) is -4.40. The minimum absolute atomic E-state index is 0.0416. The van der Waals surface area contributed by atoms with E-state index in [9.17, 15) is 19.0 Å². The molecule has 0 heterocycles. The van der Waals surface area contributed by atoms with Crippen molar-refractivity contribution in [2.45, 2.75) is 232 Å². The van der Waals surface area contributed by atoms with Crippen LogP contribution in [-0.4, -0.2) is 49.3 Å². The van der Waals surface area contributed by atoms with Crippen molar-refractivity contribution in [2.24, 2.45) is 5.73 Å². The van der Waals surface area contributed by atoms with Crippen LogP contribution in [0.4, 0.5) is 0 Å². The van der Waals surface area contributed by atoms with Crippen LogP contribution in [0.3, 0.4) is 0 Å². The third-order valence-electron chi connectivity index (χ3n) is 12.1. The second kappa shape index (κ2) is 61.8. The summed E-state index contributed by atoms with van der Waals surface area (Å²) in [6.45, 7) is 3.56. The molecule has 9 nitrogen and oxygen atoms in total. The summed E-state index contributed by atoms with van der Waals surface area (Å²) < 4.78 is 33.0. The molecule has 0 aliphatic carbocycles. The molecule has 0 aromatic carbocycles. The van der Waals surface area contributed by atoms with Gasteiger partial charge in [0.2, 0.25) is 0 Å². The van der Waals surface area contributed by atoms with E-state index in [2.05, 4.69) is 172 Å². The molecule has 78 heavy (non-hydrogen) atoms. The lowest BCUT2D eigenvalue weighted by molar-refractivity contribution is -0.161. The zero-order chi connectivity index (χ0) is 56.6. The van der Waals surface area contributed by atoms with E-state index < -0.39 is 32.5 Å². The van der Waals surface area contributed by atoms with Gasteiger partial charge in [-0.1, -0.05) is 242 Å². The summed E-state index contributed by atoms with van der Waals surface area (Å²) in [5.41, 5.74) is 5.38. The van der Waals surface area contributed by atoms with E-state index in [1.807, 2.05) is 0 Å². The van der Waals surface area contributed by atoms with Gasteiger partial charge in [0.05, 0.1) is 13.2 Å². The zero-order valence-corrected chi connectivity index (χ0v) is 50.0. The average Bonchev–Trinajstić information content (AvgIpc) is 3.43. The van der Waals surface area contributed by atoms with Crippen LogP contribution in [0.15, 0.2) is 158 Å². The van der Waals surface area contributed by atoms with Gasteiger partial charge in [-0.25, -0.2) is 4.57 Å². The highest BCUT2D eigenvalue weighted by atomic mass is 31.2. The average molecular weight is 1100 g/mol. The highest BCUT2D eigenvalue weighted by Crippen LogP contribution is 2.43. The monoisotopic (exact) mass is 1100 g/mol. The number of phosphoric acid groups is 1. The SMILES string of the molecule is CC/C=C\C/C=C\C/C=C\C/C=C\C/C=C\C/C=C\C/C=C\C/C=C\C/C=C\C/C=C\C/C=C\CCCCCCCCCC(=O)OC(COC(=O)CCCCCCC/C=C\C/C=C\CCCCCC)COP(=O)(O)OCCN. The van der Waals surface area contributed by atoms with Gasteiger partial charge in [0.15, 0.2) is 6.10 Å². The lowest BCUT2D eigenvalue weighted by Crippen LogP contribution is -2.29. The molecule has 0 radical (unpaired) electrons. The number of unbranched alkanes of at least 4 members (excludes halogenated alkanes) is 16. The standard InChI is InChI=1S/C68H110NO8P/c1-3-5-7-9-11-13-15-17-19-21-22-23-24-25-26-27-28-29-30-31-32-33-34-35-36-37-38-39-40-41-42-43-44-45-47-49-51-53-55-57-59-61-68(71)77-66(65-76-78(72,73)75-63-62-69)64-74-67(70)60-58-56-54-52-50-48-46-20-18-16-14-12-10-8-6-4-2/h5,7,11,13-14,16-17,19-20,22-23,25-26,28-29,31-32,34-35,37-38,40-41,43-44,46,66H,3-4,6,8-10,12,15,18,21,24,27,30,33,36,39,42,45,47-65,69H2,1-2H3,(H,72,73)/b7-5-,13-11-,16-14-,19-17-,23-22-,26-25-,29-28-,32-31-,35-34-,38-37-,41-40-,44-43-,46-20-. The van der Waals surface area contributed by atoms with Crippen molar-refractivity contribution in [1.82, 2.24) is 0 Å². The number of hydrogen-bond donors (Lipinski definition) is 2. The number of esters is 2. The molecule has 2 atom stereocenters. The molecule has 0 rings (SSSR count). The Bertz CT molecular complexity index is 1830. The first-order chi connectivity index (χ1) is 38.3. The smallest absolute Gasteiger partial charge is 0.462 e. The Kier molecular flexibility index (Phi) is 58.4. The maximum atomic E-state index is 12.7. The van der Waals surface area contributed by atoms with Gasteiger partial charge in [-0.05, 0) is 128 Å². The summed E-state index contributed by atoms with van der Waals surface area (Å²) in [5, 5.41) is 0. The molecular weight excluding hydrogens is 990 g/mol. The molecular formula is C68H110NO8P. The van der Waals surface area contributed by atoms with Gasteiger partial charge in [0.1, 0.15) is 6.61 Å². The molecule has 0 aliphatic rings. The molecule has 10 heteroatoms. The summed E-state index contributed by atoms with van der Waals surface area (Å²) in [5.74, 6) is -0.867. The molecule has 0 bridgehead atoms. The fourth-order valence-corrected chi connectivity index (χ4v) is 8.43. The highest BCUT2D eigenvalue weighted by molar-refractivity contribution is 7.47. The minimum Gasteiger partial charge on any atom is -0.462 e. The van der Waals surface area contributed by atoms with E-state index in [4.69, 9.17) is 24.3 Å². The van der Waals surface area contributed by atoms with Gasteiger partial charge < -0.3 is 20.1 Å². The van der Waals surface area contributed by atoms with Gasteiger partial charge in [-0.2, -0.15) is 0 Å². The van der Waals surface area contributed by atoms with Crippen molar-refractivity contribution in [1.29, 1.82) is 0 Å². The molecule has 2 unspecified atom stereocenters. The van der Waals surface area contributed by atoms with Gasteiger partial charge >= 0.3 is 19.8 Å². The number of phosphoric ester groups is 1. The molecule has 0 aromatic heterocycles. The maximum absolute atomic E-state index is 12.7. The number of rotatable bonds is 55. The Balaban J connectivity index is 4.02. The Hall–Kier alpha value is -4.37. The quantitative estimate of drug-likeness (QED) is 0.0264. The van der Waals surface area contributed by atoms with E-state index in [1.165, 1.54) is 44.9 Å². The first kappa shape index (κ1) is 73.6. The maximum Gasteiger partial charge on any atom is 0.472 e. The van der Waals surface area contributed by atoms with Crippen LogP contribution >= 0.6 is 7.82 Å². The Morgan fingerprint density at radius 1 is 0.397 bits per heavy atom. The number of carbonyl (C=O) groups excluding carboxylic acids is 2. The number of nitrogens with two attached hydrogens (primary N) is 1. The summed E-state index contributed by atoms with van der Waals surface area (Å²) in [6.07, 6.45) is 90.2. The second-order valence-electron chi connectivity index (χ2n) is 19.5. The van der Waals surface area contributed by atoms with Crippen molar-refractivity contribution >= 4 is 19.8 Å². The fraction of sp³-hybridized carbons (Fsp3) is 0.588. The largest absolute Gasteiger partial charge is 0.472 e. The summed E-state index contributed by atoms with van der Waals surface area (Å²) in [4.78, 5) is 35.1. The van der Waals surface area contributed by atoms with Crippen molar-refractivity contribution in [3.05, 3.63) is 158 Å². The number of allylic oxidation sites excluding steroid dienone is 26. The van der Waals surface area contributed by atoms with Crippen molar-refractivity contribution in [3.8, 4) is 0 Å². The third kappa shape index (κ3) is 60.9. The molecule has 0 spiro atoms. The molecule has 0 saturated carbocycles. The van der Waals surface area contributed by atoms with Crippen molar-refractivity contribution in [3.63, 3.8) is 0 Å². The van der Waals surface area contributed by atoms with Crippen LogP contribution in [-0.2, 0) is 32.7 Å². The Labute approximate surface area is 477 Å². The van der Waals surface area contributed by atoms with Crippen LogP contribution in [0.2, 0.25) is 0 Å².